The van der Waals surface area contributed by atoms with E-state index < -0.39 is 35.3 Å². The Morgan fingerprint density at radius 1 is 1.00 bits per heavy atom. The average molecular weight is 550 g/mol. The van der Waals surface area contributed by atoms with E-state index in [1.165, 1.54) is 6.07 Å². The number of thioether (sulfide) groups is 1. The third-order valence-electron chi connectivity index (χ3n) is 6.19. The number of fused-ring (bicyclic) bond motifs is 1. The predicted octanol–water partition coefficient (Wildman–Crippen LogP) is 6.69. The largest absolute Gasteiger partial charge is 0.416 e. The number of carbonyl (C=O) groups is 3. The highest BCUT2D eigenvalue weighted by Crippen LogP contribution is 2.35. The van der Waals surface area contributed by atoms with Crippen LogP contribution in [0.2, 0.25) is 0 Å². The molecule has 0 radical (unpaired) electrons. The van der Waals surface area contributed by atoms with Crippen molar-refractivity contribution in [1.29, 1.82) is 0 Å². The van der Waals surface area contributed by atoms with Crippen molar-refractivity contribution in [3.8, 4) is 0 Å². The van der Waals surface area contributed by atoms with Gasteiger partial charge in [-0.05, 0) is 54.6 Å². The molecule has 4 aromatic rings. The highest BCUT2D eigenvalue weighted by molar-refractivity contribution is 8.18. The fraction of sp³-hybridized carbons (Fsp3) is 0.138. The molecular weight excluding hydrogens is 527 g/mol. The summed E-state index contributed by atoms with van der Waals surface area (Å²) in [5.41, 5.74) is 2.97. The van der Waals surface area contributed by atoms with E-state index in [2.05, 4.69) is 16.0 Å². The lowest BCUT2D eigenvalue weighted by molar-refractivity contribution is -0.137. The van der Waals surface area contributed by atoms with Crippen molar-refractivity contribution in [3.63, 3.8) is 0 Å². The summed E-state index contributed by atoms with van der Waals surface area (Å²) in [6, 6.07) is 20.0. The molecule has 3 aromatic carbocycles. The summed E-state index contributed by atoms with van der Waals surface area (Å²) in [4.78, 5) is 39.1. The van der Waals surface area contributed by atoms with Gasteiger partial charge in [-0.1, -0.05) is 54.1 Å². The van der Waals surface area contributed by atoms with E-state index in [0.717, 1.165) is 50.7 Å². The Hall–Kier alpha value is -4.31. The van der Waals surface area contributed by atoms with Crippen LogP contribution < -0.4 is 5.32 Å². The number of aromatic nitrogens is 1. The van der Waals surface area contributed by atoms with Crippen LogP contribution in [0.25, 0.3) is 17.0 Å². The summed E-state index contributed by atoms with van der Waals surface area (Å²) in [7, 11) is 0. The number of aryl methyl sites for hydroxylation is 1. The van der Waals surface area contributed by atoms with Crippen molar-refractivity contribution in [2.24, 2.45) is 0 Å². The maximum Gasteiger partial charge on any atom is 0.416 e. The van der Waals surface area contributed by atoms with E-state index in [0.29, 0.717) is 18.3 Å². The number of hydrogen-bond acceptors (Lipinski definition) is 4. The van der Waals surface area contributed by atoms with Crippen molar-refractivity contribution in [1.82, 2.24) is 9.47 Å². The number of benzene rings is 3. The molecular formula is C29H22F3N3O3S. The SMILES string of the molecule is Cc1cccc(Cn2cc(/C=C3\SC(=O)N(CC(=O)Nc4cccc(C(F)(F)F)c4)C3=O)c3ccccc32)c1. The molecule has 0 unspecified atom stereocenters. The minimum Gasteiger partial charge on any atom is -0.342 e. The molecule has 10 heteroatoms. The zero-order valence-corrected chi connectivity index (χ0v) is 21.5. The van der Waals surface area contributed by atoms with Crippen LogP contribution in [-0.4, -0.2) is 33.1 Å². The Labute approximate surface area is 226 Å². The van der Waals surface area contributed by atoms with Crippen LogP contribution in [0.5, 0.6) is 0 Å². The molecule has 1 fully saturated rings. The number of nitrogens with one attached hydrogen (secondary N) is 1. The minimum absolute atomic E-state index is 0.0845. The van der Waals surface area contributed by atoms with E-state index in [1.54, 1.807) is 6.08 Å². The molecule has 3 amide bonds. The van der Waals surface area contributed by atoms with Gasteiger partial charge in [0.25, 0.3) is 11.1 Å². The number of imide groups is 1. The van der Waals surface area contributed by atoms with Crippen molar-refractivity contribution in [2.45, 2.75) is 19.6 Å². The van der Waals surface area contributed by atoms with Crippen LogP contribution in [0.15, 0.2) is 83.9 Å². The molecule has 1 aliphatic heterocycles. The smallest absolute Gasteiger partial charge is 0.342 e. The third-order valence-corrected chi connectivity index (χ3v) is 7.10. The van der Waals surface area contributed by atoms with Gasteiger partial charge in [-0.15, -0.1) is 0 Å². The van der Waals surface area contributed by atoms with E-state index in [1.807, 2.05) is 55.6 Å². The van der Waals surface area contributed by atoms with Crippen molar-refractivity contribution in [3.05, 3.63) is 106 Å². The number of halogens is 3. The monoisotopic (exact) mass is 549 g/mol. The second-order valence-corrected chi connectivity index (χ2v) is 10.1. The second kappa shape index (κ2) is 10.5. The molecule has 1 aromatic heterocycles. The lowest BCUT2D eigenvalue weighted by atomic mass is 10.1. The number of nitrogens with zero attached hydrogens (tertiary/aromatic N) is 2. The minimum atomic E-state index is -4.57. The molecule has 6 nitrogen and oxygen atoms in total. The Kier molecular flexibility index (Phi) is 7.05. The van der Waals surface area contributed by atoms with E-state index in [4.69, 9.17) is 0 Å². The van der Waals surface area contributed by atoms with Crippen molar-refractivity contribution in [2.75, 3.05) is 11.9 Å². The molecule has 39 heavy (non-hydrogen) atoms. The summed E-state index contributed by atoms with van der Waals surface area (Å²) < 4.78 is 41.0. The maximum atomic E-state index is 13.0. The van der Waals surface area contributed by atoms with E-state index >= 15 is 0 Å². The van der Waals surface area contributed by atoms with Gasteiger partial charge in [-0.25, -0.2) is 0 Å². The normalized spacial score (nSPS) is 15.0. The van der Waals surface area contributed by atoms with Gasteiger partial charge in [0.2, 0.25) is 5.91 Å². The molecule has 1 N–H and O–H groups in total. The molecule has 1 aliphatic rings. The van der Waals surface area contributed by atoms with Crippen LogP contribution >= 0.6 is 11.8 Å². The number of para-hydroxylation sites is 1. The maximum absolute atomic E-state index is 13.0. The number of carbonyl (C=O) groups excluding carboxylic acids is 3. The van der Waals surface area contributed by atoms with Gasteiger partial charge in [-0.2, -0.15) is 13.2 Å². The predicted molar refractivity (Wildman–Crippen MR) is 145 cm³/mol. The molecule has 1 saturated heterocycles. The van der Waals surface area contributed by atoms with Crippen LogP contribution in [-0.2, 0) is 22.3 Å². The first-order valence-electron chi connectivity index (χ1n) is 11.9. The van der Waals surface area contributed by atoms with E-state index in [9.17, 15) is 27.6 Å². The summed E-state index contributed by atoms with van der Waals surface area (Å²) in [6.07, 6.45) is -1.02. The van der Waals surface area contributed by atoms with Crippen LogP contribution in [0.3, 0.4) is 0 Å². The third kappa shape index (κ3) is 5.75. The molecule has 0 aliphatic carbocycles. The summed E-state index contributed by atoms with van der Waals surface area (Å²) >= 11 is 0.715. The first-order chi connectivity index (χ1) is 18.6. The number of anilines is 1. The number of hydrogen-bond donors (Lipinski definition) is 1. The second-order valence-electron chi connectivity index (χ2n) is 9.11. The quantitative estimate of drug-likeness (QED) is 0.272. The molecule has 0 bridgehead atoms. The Morgan fingerprint density at radius 3 is 2.54 bits per heavy atom. The van der Waals surface area contributed by atoms with Crippen LogP contribution in [0, 0.1) is 6.92 Å². The molecule has 2 heterocycles. The number of alkyl halides is 3. The van der Waals surface area contributed by atoms with Crippen LogP contribution in [0.1, 0.15) is 22.3 Å². The first kappa shape index (κ1) is 26.3. The topological polar surface area (TPSA) is 71.4 Å². The average Bonchev–Trinajstić information content (AvgIpc) is 3.35. The summed E-state index contributed by atoms with van der Waals surface area (Å²) in [5.74, 6) is -1.42. The van der Waals surface area contributed by atoms with Crippen molar-refractivity contribution >= 4 is 51.5 Å². The number of amides is 3. The van der Waals surface area contributed by atoms with Gasteiger partial charge in [0.1, 0.15) is 6.54 Å². The fourth-order valence-corrected chi connectivity index (χ4v) is 5.25. The lowest BCUT2D eigenvalue weighted by Gasteiger charge is -2.13. The van der Waals surface area contributed by atoms with Gasteiger partial charge in [0.05, 0.1) is 10.5 Å². The summed E-state index contributed by atoms with van der Waals surface area (Å²) in [6.45, 7) is 2.03. The Bertz CT molecular complexity index is 1640. The lowest BCUT2D eigenvalue weighted by Crippen LogP contribution is -2.36. The highest BCUT2D eigenvalue weighted by Gasteiger charge is 2.36. The molecule has 5 rings (SSSR count). The first-order valence-corrected chi connectivity index (χ1v) is 12.8. The number of rotatable bonds is 6. The molecule has 0 atom stereocenters. The van der Waals surface area contributed by atoms with Crippen LogP contribution in [0.4, 0.5) is 23.7 Å². The molecule has 0 spiro atoms. The molecule has 0 saturated carbocycles. The van der Waals surface area contributed by atoms with Gasteiger partial charge in [-0.3, -0.25) is 19.3 Å². The van der Waals surface area contributed by atoms with Gasteiger partial charge >= 0.3 is 6.18 Å². The van der Waals surface area contributed by atoms with Gasteiger partial charge < -0.3 is 9.88 Å². The Morgan fingerprint density at radius 2 is 1.77 bits per heavy atom. The standard InChI is InChI=1S/C29H22F3N3O3S/c1-18-6-4-7-19(12-18)15-34-16-20(23-10-2-3-11-24(23)34)13-25-27(37)35(28(38)39-25)17-26(36)33-22-9-5-8-21(14-22)29(30,31)32/h2-14,16H,15,17H2,1H3,(H,33,36)/b25-13-. The van der Waals surface area contributed by atoms with E-state index in [-0.39, 0.29) is 10.6 Å². The highest BCUT2D eigenvalue weighted by atomic mass is 32.2. The van der Waals surface area contributed by atoms with Gasteiger partial charge in [0, 0.05) is 34.9 Å². The zero-order valence-electron chi connectivity index (χ0n) is 20.7. The van der Waals surface area contributed by atoms with Crippen molar-refractivity contribution < 1.29 is 27.6 Å². The summed E-state index contributed by atoms with van der Waals surface area (Å²) in [5, 5.41) is 2.60. The van der Waals surface area contributed by atoms with Gasteiger partial charge in [0.15, 0.2) is 0 Å². The zero-order chi connectivity index (χ0) is 27.7. The fourth-order valence-electron chi connectivity index (χ4n) is 4.42. The molecule has 198 valence electrons. The Balaban J connectivity index is 1.35.